The molecule has 4 heteroatoms. The zero-order valence-electron chi connectivity index (χ0n) is 11.1. The highest BCUT2D eigenvalue weighted by atomic mass is 32.1. The van der Waals surface area contributed by atoms with E-state index in [1.807, 2.05) is 30.3 Å². The second kappa shape index (κ2) is 5.47. The molecule has 102 valence electrons. The van der Waals surface area contributed by atoms with Crippen LogP contribution in [0, 0.1) is 0 Å². The summed E-state index contributed by atoms with van der Waals surface area (Å²) in [6, 6.07) is 10.9. The van der Waals surface area contributed by atoms with E-state index in [9.17, 15) is 0 Å². The molecule has 1 aromatic carbocycles. The molecule has 3 rings (SSSR count). The van der Waals surface area contributed by atoms with Crippen molar-refractivity contribution in [3.8, 4) is 5.75 Å². The number of nitrogens with zero attached hydrogens (tertiary/aromatic N) is 1. The fraction of sp³-hybridized carbons (Fsp3) is 0.533. The standard InChI is InChI=1S/C15H19NO2S/c1-16-11-7-8-12(16)10-14(9-11)18-15(19)17-13-5-3-2-4-6-13/h2-6,11-12,14H,7-10H2,1H3/t11-,12+,14?. The first-order chi connectivity index (χ1) is 9.22. The minimum atomic E-state index is 0.213. The van der Waals surface area contributed by atoms with Crippen molar-refractivity contribution in [2.24, 2.45) is 0 Å². The van der Waals surface area contributed by atoms with E-state index in [0.717, 1.165) is 18.6 Å². The van der Waals surface area contributed by atoms with Crippen LogP contribution in [0.3, 0.4) is 0 Å². The van der Waals surface area contributed by atoms with Crippen molar-refractivity contribution >= 4 is 17.5 Å². The Kier molecular flexibility index (Phi) is 3.71. The average molecular weight is 277 g/mol. The normalized spacial score (nSPS) is 30.1. The number of rotatable bonds is 2. The van der Waals surface area contributed by atoms with E-state index in [1.54, 1.807) is 0 Å². The number of hydrogen-bond acceptors (Lipinski definition) is 4. The van der Waals surface area contributed by atoms with Crippen molar-refractivity contribution in [1.82, 2.24) is 4.90 Å². The molecule has 2 saturated heterocycles. The molecule has 1 aromatic rings. The molecule has 2 bridgehead atoms. The Bertz CT molecular complexity index is 437. The number of benzene rings is 1. The summed E-state index contributed by atoms with van der Waals surface area (Å²) in [4.78, 5) is 2.49. The Morgan fingerprint density at radius 3 is 2.42 bits per heavy atom. The lowest BCUT2D eigenvalue weighted by atomic mass is 10.0. The average Bonchev–Trinajstić information content (AvgIpc) is 2.63. The van der Waals surface area contributed by atoms with Gasteiger partial charge in [-0.05, 0) is 32.0 Å². The molecule has 2 heterocycles. The Morgan fingerprint density at radius 1 is 1.16 bits per heavy atom. The third kappa shape index (κ3) is 2.90. The van der Waals surface area contributed by atoms with Gasteiger partial charge in [-0.15, -0.1) is 0 Å². The van der Waals surface area contributed by atoms with Gasteiger partial charge in [-0.2, -0.15) is 0 Å². The lowest BCUT2D eigenvalue weighted by Crippen LogP contribution is -2.43. The highest BCUT2D eigenvalue weighted by molar-refractivity contribution is 7.79. The second-order valence-corrected chi connectivity index (χ2v) is 5.76. The number of ether oxygens (including phenoxy) is 2. The van der Waals surface area contributed by atoms with E-state index in [1.165, 1.54) is 12.8 Å². The summed E-state index contributed by atoms with van der Waals surface area (Å²) < 4.78 is 11.3. The largest absolute Gasteiger partial charge is 0.453 e. The van der Waals surface area contributed by atoms with E-state index in [2.05, 4.69) is 11.9 Å². The van der Waals surface area contributed by atoms with Crippen LogP contribution in [0.4, 0.5) is 0 Å². The molecule has 1 unspecified atom stereocenters. The Hall–Kier alpha value is -1.13. The smallest absolute Gasteiger partial charge is 0.358 e. The predicted octanol–water partition coefficient (Wildman–Crippen LogP) is 2.99. The predicted molar refractivity (Wildman–Crippen MR) is 78.3 cm³/mol. The molecule has 2 aliphatic heterocycles. The Morgan fingerprint density at radius 2 is 1.79 bits per heavy atom. The van der Waals surface area contributed by atoms with Gasteiger partial charge in [0.05, 0.1) is 0 Å². The molecule has 0 aliphatic carbocycles. The van der Waals surface area contributed by atoms with Crippen LogP contribution in [0.2, 0.25) is 0 Å². The van der Waals surface area contributed by atoms with Gasteiger partial charge in [0.2, 0.25) is 0 Å². The summed E-state index contributed by atoms with van der Waals surface area (Å²) in [6.45, 7) is 0. The summed E-state index contributed by atoms with van der Waals surface area (Å²) in [5.74, 6) is 0.739. The Labute approximate surface area is 119 Å². The van der Waals surface area contributed by atoms with Crippen molar-refractivity contribution in [2.75, 3.05) is 7.05 Å². The van der Waals surface area contributed by atoms with E-state index in [-0.39, 0.29) is 11.3 Å². The van der Waals surface area contributed by atoms with Crippen LogP contribution in [0.25, 0.3) is 0 Å². The van der Waals surface area contributed by atoms with E-state index in [4.69, 9.17) is 21.7 Å². The summed E-state index contributed by atoms with van der Waals surface area (Å²) in [5.41, 5.74) is 0. The van der Waals surface area contributed by atoms with Crippen LogP contribution < -0.4 is 4.74 Å². The molecular formula is C15H19NO2S. The van der Waals surface area contributed by atoms with Crippen molar-refractivity contribution in [1.29, 1.82) is 0 Å². The van der Waals surface area contributed by atoms with Crippen molar-refractivity contribution in [3.63, 3.8) is 0 Å². The zero-order valence-corrected chi connectivity index (χ0v) is 11.9. The third-order valence-corrected chi connectivity index (χ3v) is 4.44. The number of piperidine rings is 1. The van der Waals surface area contributed by atoms with Gasteiger partial charge in [0, 0.05) is 37.1 Å². The maximum absolute atomic E-state index is 5.81. The fourth-order valence-electron chi connectivity index (χ4n) is 3.20. The molecule has 2 fully saturated rings. The summed E-state index contributed by atoms with van der Waals surface area (Å²) >= 11 is 5.19. The molecular weight excluding hydrogens is 258 g/mol. The Balaban J connectivity index is 1.53. The number of hydrogen-bond donors (Lipinski definition) is 0. The van der Waals surface area contributed by atoms with Gasteiger partial charge in [0.25, 0.3) is 0 Å². The van der Waals surface area contributed by atoms with Crippen LogP contribution in [-0.4, -0.2) is 35.4 Å². The first kappa shape index (κ1) is 12.9. The van der Waals surface area contributed by atoms with Gasteiger partial charge in [0.15, 0.2) is 0 Å². The molecule has 2 aliphatic rings. The quantitative estimate of drug-likeness (QED) is 0.775. The van der Waals surface area contributed by atoms with E-state index in [0.29, 0.717) is 12.1 Å². The van der Waals surface area contributed by atoms with Gasteiger partial charge in [-0.1, -0.05) is 18.2 Å². The molecule has 0 radical (unpaired) electrons. The van der Waals surface area contributed by atoms with Crippen LogP contribution in [-0.2, 0) is 4.74 Å². The SMILES string of the molecule is CN1[C@@H]2CC[C@H]1CC(OC(=S)Oc1ccccc1)C2. The molecule has 0 N–H and O–H groups in total. The highest BCUT2D eigenvalue weighted by Crippen LogP contribution is 2.35. The van der Waals surface area contributed by atoms with Crippen molar-refractivity contribution in [3.05, 3.63) is 30.3 Å². The van der Waals surface area contributed by atoms with Crippen molar-refractivity contribution in [2.45, 2.75) is 43.9 Å². The zero-order chi connectivity index (χ0) is 13.2. The van der Waals surface area contributed by atoms with Crippen LogP contribution >= 0.6 is 12.2 Å². The van der Waals surface area contributed by atoms with Crippen molar-refractivity contribution < 1.29 is 9.47 Å². The molecule has 3 atom stereocenters. The van der Waals surface area contributed by atoms with Gasteiger partial charge in [-0.3, -0.25) is 0 Å². The molecule has 0 amide bonds. The van der Waals surface area contributed by atoms with Gasteiger partial charge >= 0.3 is 5.24 Å². The monoisotopic (exact) mass is 277 g/mol. The number of para-hydroxylation sites is 1. The van der Waals surface area contributed by atoms with Crippen LogP contribution in [0.5, 0.6) is 5.75 Å². The minimum Gasteiger partial charge on any atom is -0.453 e. The molecule has 0 aromatic heterocycles. The lowest BCUT2D eigenvalue weighted by molar-refractivity contribution is 0.0479. The number of thiocarbonyl (C=S) groups is 1. The fourth-order valence-corrected chi connectivity index (χ4v) is 3.44. The van der Waals surface area contributed by atoms with Crippen LogP contribution in [0.1, 0.15) is 25.7 Å². The maximum atomic E-state index is 5.81. The molecule has 19 heavy (non-hydrogen) atoms. The first-order valence-corrected chi connectivity index (χ1v) is 7.28. The first-order valence-electron chi connectivity index (χ1n) is 6.88. The van der Waals surface area contributed by atoms with E-state index < -0.39 is 0 Å². The van der Waals surface area contributed by atoms with Gasteiger partial charge in [0.1, 0.15) is 11.9 Å². The number of fused-ring (bicyclic) bond motifs is 2. The summed E-state index contributed by atoms with van der Waals surface area (Å²) in [5, 5.41) is 0.250. The van der Waals surface area contributed by atoms with Crippen LogP contribution in [0.15, 0.2) is 30.3 Å². The summed E-state index contributed by atoms with van der Waals surface area (Å²) in [7, 11) is 2.22. The van der Waals surface area contributed by atoms with Gasteiger partial charge < -0.3 is 14.4 Å². The minimum absolute atomic E-state index is 0.213. The second-order valence-electron chi connectivity index (χ2n) is 5.43. The summed E-state index contributed by atoms with van der Waals surface area (Å²) in [6.07, 6.45) is 4.90. The topological polar surface area (TPSA) is 21.7 Å². The van der Waals surface area contributed by atoms with E-state index >= 15 is 0 Å². The maximum Gasteiger partial charge on any atom is 0.358 e. The van der Waals surface area contributed by atoms with Gasteiger partial charge in [-0.25, -0.2) is 0 Å². The molecule has 3 nitrogen and oxygen atoms in total. The molecule has 0 spiro atoms. The molecule has 0 saturated carbocycles. The highest BCUT2D eigenvalue weighted by Gasteiger charge is 2.39. The lowest BCUT2D eigenvalue weighted by Gasteiger charge is -2.35. The third-order valence-electron chi connectivity index (χ3n) is 4.26.